The van der Waals surface area contributed by atoms with E-state index in [0.717, 1.165) is 23.5 Å². The van der Waals surface area contributed by atoms with E-state index in [-0.39, 0.29) is 0 Å². The van der Waals surface area contributed by atoms with Crippen LogP contribution in [0.1, 0.15) is 44.4 Å². The lowest BCUT2D eigenvalue weighted by molar-refractivity contribution is -0.136. The van der Waals surface area contributed by atoms with E-state index >= 15 is 0 Å². The Morgan fingerprint density at radius 3 is 2.56 bits per heavy atom. The maximum atomic E-state index is 12.7. The van der Waals surface area contributed by atoms with E-state index < -0.39 is 12.0 Å². The first kappa shape index (κ1) is 23.9. The van der Waals surface area contributed by atoms with Gasteiger partial charge in [-0.05, 0) is 42.5 Å². The average Bonchev–Trinajstić information content (AvgIpc) is 3.24. The van der Waals surface area contributed by atoms with Gasteiger partial charge in [-0.2, -0.15) is 4.98 Å². The van der Waals surface area contributed by atoms with Crippen molar-refractivity contribution in [1.29, 1.82) is 0 Å². The van der Waals surface area contributed by atoms with E-state index in [2.05, 4.69) is 36.3 Å². The van der Waals surface area contributed by atoms with Crippen molar-refractivity contribution in [2.24, 2.45) is 5.92 Å². The number of aromatic nitrogens is 3. The van der Waals surface area contributed by atoms with Gasteiger partial charge in [-0.15, -0.1) is 5.10 Å². The summed E-state index contributed by atoms with van der Waals surface area (Å²) in [4.78, 5) is 17.4. The number of fused-ring (bicyclic) bond motifs is 1. The quantitative estimate of drug-likeness (QED) is 0.323. The van der Waals surface area contributed by atoms with Crippen LogP contribution in [0.3, 0.4) is 0 Å². The number of benzene rings is 2. The fourth-order valence-electron chi connectivity index (χ4n) is 3.76. The Kier molecular flexibility index (Phi) is 7.57. The summed E-state index contributed by atoms with van der Waals surface area (Å²) in [7, 11) is 1.39. The molecule has 0 fully saturated rings. The third-order valence-corrected chi connectivity index (χ3v) is 6.52. The molecule has 8 heteroatoms. The molecular weight excluding hydrogens is 448 g/mol. The zero-order valence-electron chi connectivity index (χ0n) is 19.9. The normalized spacial score (nSPS) is 15.1. The van der Waals surface area contributed by atoms with Gasteiger partial charge in [0.2, 0.25) is 11.1 Å². The summed E-state index contributed by atoms with van der Waals surface area (Å²) < 4.78 is 12.7. The SMILES string of the molecule is COC(=O)C1=C(C)Nc2nc(SCc3ccccc3)nn2C1c1ccc(OCCC(C)C)cc1. The van der Waals surface area contributed by atoms with Crippen LogP contribution in [-0.2, 0) is 15.3 Å². The van der Waals surface area contributed by atoms with Gasteiger partial charge in [0.05, 0.1) is 19.3 Å². The predicted molar refractivity (Wildman–Crippen MR) is 134 cm³/mol. The minimum absolute atomic E-state index is 0.396. The number of anilines is 1. The summed E-state index contributed by atoms with van der Waals surface area (Å²) in [6.07, 6.45) is 0.996. The van der Waals surface area contributed by atoms with Gasteiger partial charge in [0, 0.05) is 11.4 Å². The molecule has 0 aliphatic carbocycles. The third-order valence-electron chi connectivity index (χ3n) is 5.61. The van der Waals surface area contributed by atoms with Crippen LogP contribution in [0.2, 0.25) is 0 Å². The highest BCUT2D eigenvalue weighted by atomic mass is 32.2. The van der Waals surface area contributed by atoms with Crippen molar-refractivity contribution in [3.8, 4) is 5.75 Å². The number of esters is 1. The molecule has 1 N–H and O–H groups in total. The lowest BCUT2D eigenvalue weighted by atomic mass is 9.96. The molecule has 1 atom stereocenters. The fraction of sp³-hybridized carbons (Fsp3) is 0.346. The molecule has 0 saturated carbocycles. The standard InChI is InChI=1S/C26H30N4O3S/c1-17(2)14-15-33-21-12-10-20(11-13-21)23-22(24(31)32-4)18(3)27-25-28-26(29-30(23)25)34-16-19-8-6-5-7-9-19/h5-13,17,23H,14-16H2,1-4H3,(H,27,28,29). The van der Waals surface area contributed by atoms with Crippen molar-refractivity contribution in [3.63, 3.8) is 0 Å². The Morgan fingerprint density at radius 2 is 1.88 bits per heavy atom. The van der Waals surface area contributed by atoms with Crippen LogP contribution in [-0.4, -0.2) is 34.5 Å². The first-order valence-corrected chi connectivity index (χ1v) is 12.4. The molecule has 3 aromatic rings. The number of allylic oxidation sites excluding steroid dienone is 1. The van der Waals surface area contributed by atoms with Gasteiger partial charge in [0.1, 0.15) is 11.8 Å². The Balaban J connectivity index is 1.61. The molecule has 34 heavy (non-hydrogen) atoms. The molecule has 4 rings (SSSR count). The van der Waals surface area contributed by atoms with Crippen LogP contribution in [0, 0.1) is 5.92 Å². The summed E-state index contributed by atoms with van der Waals surface area (Å²) in [5.74, 6) is 2.35. The molecule has 1 aliphatic heterocycles. The number of methoxy groups -OCH3 is 1. The smallest absolute Gasteiger partial charge is 0.338 e. The molecule has 0 radical (unpaired) electrons. The molecule has 1 aliphatic rings. The Morgan fingerprint density at radius 1 is 1.15 bits per heavy atom. The summed E-state index contributed by atoms with van der Waals surface area (Å²) in [5.41, 5.74) is 3.31. The van der Waals surface area contributed by atoms with Crippen LogP contribution >= 0.6 is 11.8 Å². The van der Waals surface area contributed by atoms with E-state index in [9.17, 15) is 4.79 Å². The van der Waals surface area contributed by atoms with Crippen LogP contribution < -0.4 is 10.1 Å². The lowest BCUT2D eigenvalue weighted by Crippen LogP contribution is -2.29. The second-order valence-corrected chi connectivity index (χ2v) is 9.54. The van der Waals surface area contributed by atoms with E-state index in [1.807, 2.05) is 49.4 Å². The number of ether oxygens (including phenoxy) is 2. The van der Waals surface area contributed by atoms with Crippen LogP contribution in [0.25, 0.3) is 0 Å². The Labute approximate surface area is 204 Å². The maximum absolute atomic E-state index is 12.7. The first-order chi connectivity index (χ1) is 16.5. The third kappa shape index (κ3) is 5.44. The molecule has 0 spiro atoms. The predicted octanol–water partition coefficient (Wildman–Crippen LogP) is 5.46. The molecule has 2 heterocycles. The van der Waals surface area contributed by atoms with Gasteiger partial charge in [0.25, 0.3) is 0 Å². The van der Waals surface area contributed by atoms with Crippen molar-refractivity contribution >= 4 is 23.7 Å². The molecule has 0 amide bonds. The Bertz CT molecular complexity index is 1160. The largest absolute Gasteiger partial charge is 0.494 e. The highest BCUT2D eigenvalue weighted by Crippen LogP contribution is 2.37. The second-order valence-electron chi connectivity index (χ2n) is 8.59. The summed E-state index contributed by atoms with van der Waals surface area (Å²) >= 11 is 1.56. The number of carbonyl (C=O) groups excluding carboxylic acids is 1. The van der Waals surface area contributed by atoms with Crippen LogP contribution in [0.15, 0.2) is 71.0 Å². The number of hydrogen-bond acceptors (Lipinski definition) is 7. The molecule has 0 bridgehead atoms. The number of hydrogen-bond donors (Lipinski definition) is 1. The van der Waals surface area contributed by atoms with E-state index in [1.165, 1.54) is 12.7 Å². The second kappa shape index (κ2) is 10.8. The molecular formula is C26H30N4O3S. The monoisotopic (exact) mass is 478 g/mol. The zero-order chi connectivity index (χ0) is 24.1. The van der Waals surface area contributed by atoms with Crippen molar-refractivity contribution in [2.45, 2.75) is 44.1 Å². The molecule has 7 nitrogen and oxygen atoms in total. The van der Waals surface area contributed by atoms with Crippen LogP contribution in [0.5, 0.6) is 5.75 Å². The van der Waals surface area contributed by atoms with Crippen molar-refractivity contribution in [1.82, 2.24) is 14.8 Å². The molecule has 1 aromatic heterocycles. The van der Waals surface area contributed by atoms with Gasteiger partial charge in [0.15, 0.2) is 0 Å². The van der Waals surface area contributed by atoms with Crippen molar-refractivity contribution in [3.05, 3.63) is 77.0 Å². The first-order valence-electron chi connectivity index (χ1n) is 11.4. The summed E-state index contributed by atoms with van der Waals surface area (Å²) in [6.45, 7) is 6.88. The molecule has 178 valence electrons. The summed E-state index contributed by atoms with van der Waals surface area (Å²) in [5, 5.41) is 8.62. The Hall–Kier alpha value is -3.26. The average molecular weight is 479 g/mol. The highest BCUT2D eigenvalue weighted by molar-refractivity contribution is 7.98. The van der Waals surface area contributed by atoms with Gasteiger partial charge in [-0.3, -0.25) is 0 Å². The lowest BCUT2D eigenvalue weighted by Gasteiger charge is -2.27. The molecule has 1 unspecified atom stereocenters. The fourth-order valence-corrected chi connectivity index (χ4v) is 4.54. The minimum Gasteiger partial charge on any atom is -0.494 e. The topological polar surface area (TPSA) is 78.3 Å². The number of nitrogens with one attached hydrogen (secondary N) is 1. The van der Waals surface area contributed by atoms with E-state index in [1.54, 1.807) is 16.4 Å². The van der Waals surface area contributed by atoms with Gasteiger partial charge in [-0.1, -0.05) is 68.1 Å². The van der Waals surface area contributed by atoms with Gasteiger partial charge >= 0.3 is 5.97 Å². The zero-order valence-corrected chi connectivity index (χ0v) is 20.8. The minimum atomic E-state index is -0.452. The number of thioether (sulfide) groups is 1. The van der Waals surface area contributed by atoms with E-state index in [0.29, 0.717) is 34.9 Å². The summed E-state index contributed by atoms with van der Waals surface area (Å²) in [6, 6.07) is 17.6. The maximum Gasteiger partial charge on any atom is 0.338 e. The number of rotatable bonds is 9. The van der Waals surface area contributed by atoms with Gasteiger partial charge in [-0.25, -0.2) is 9.48 Å². The van der Waals surface area contributed by atoms with Crippen molar-refractivity contribution < 1.29 is 14.3 Å². The van der Waals surface area contributed by atoms with Gasteiger partial charge < -0.3 is 14.8 Å². The molecule has 0 saturated heterocycles. The number of nitrogens with zero attached hydrogens (tertiary/aromatic N) is 3. The number of carbonyl (C=O) groups is 1. The van der Waals surface area contributed by atoms with Crippen LogP contribution in [0.4, 0.5) is 5.95 Å². The highest BCUT2D eigenvalue weighted by Gasteiger charge is 2.35. The van der Waals surface area contributed by atoms with Crippen molar-refractivity contribution in [2.75, 3.05) is 19.0 Å². The van der Waals surface area contributed by atoms with E-state index in [4.69, 9.17) is 14.6 Å². The molecule has 2 aromatic carbocycles.